The molecule has 0 atom stereocenters. The van der Waals surface area contributed by atoms with Crippen LogP contribution in [0.25, 0.3) is 10.9 Å². The second kappa shape index (κ2) is 6.09. The number of fused-ring (bicyclic) bond motifs is 1. The molecule has 1 saturated heterocycles. The minimum absolute atomic E-state index is 0.106. The molecule has 4 nitrogen and oxygen atoms in total. The summed E-state index contributed by atoms with van der Waals surface area (Å²) in [5.74, 6) is 0.106. The summed E-state index contributed by atoms with van der Waals surface area (Å²) in [5.41, 5.74) is 2.16. The first-order valence-electron chi connectivity index (χ1n) is 7.37. The molecule has 0 unspecified atom stereocenters. The topological polar surface area (TPSA) is 48.1 Å². The summed E-state index contributed by atoms with van der Waals surface area (Å²) in [7, 11) is 0. The molecule has 1 aromatic heterocycles. The second-order valence-electron chi connectivity index (χ2n) is 5.43. The van der Waals surface area contributed by atoms with E-state index in [0.29, 0.717) is 6.42 Å². The summed E-state index contributed by atoms with van der Waals surface area (Å²) < 4.78 is 0. The fraction of sp³-hybridized carbons (Fsp3) is 0.438. The maximum Gasteiger partial charge on any atom is 0.224 e. The van der Waals surface area contributed by atoms with Crippen molar-refractivity contribution < 1.29 is 4.79 Å². The molecule has 1 fully saturated rings. The van der Waals surface area contributed by atoms with Crippen LogP contribution in [0.1, 0.15) is 18.4 Å². The second-order valence-corrected chi connectivity index (χ2v) is 5.43. The fourth-order valence-electron chi connectivity index (χ4n) is 2.87. The lowest BCUT2D eigenvalue weighted by Gasteiger charge is -2.14. The highest BCUT2D eigenvalue weighted by Crippen LogP contribution is 2.17. The van der Waals surface area contributed by atoms with Gasteiger partial charge in [0, 0.05) is 30.2 Å². The van der Waals surface area contributed by atoms with E-state index in [1.807, 2.05) is 24.4 Å². The van der Waals surface area contributed by atoms with E-state index in [0.717, 1.165) is 29.6 Å². The third-order valence-corrected chi connectivity index (χ3v) is 3.97. The van der Waals surface area contributed by atoms with Crippen molar-refractivity contribution in [1.82, 2.24) is 15.2 Å². The summed E-state index contributed by atoms with van der Waals surface area (Å²) in [4.78, 5) is 17.6. The van der Waals surface area contributed by atoms with E-state index in [4.69, 9.17) is 0 Å². The van der Waals surface area contributed by atoms with Crippen LogP contribution in [0.4, 0.5) is 0 Å². The first-order valence-corrected chi connectivity index (χ1v) is 7.37. The minimum Gasteiger partial charge on any atom is -0.361 e. The van der Waals surface area contributed by atoms with E-state index in [-0.39, 0.29) is 5.91 Å². The van der Waals surface area contributed by atoms with Gasteiger partial charge in [0.2, 0.25) is 5.91 Å². The van der Waals surface area contributed by atoms with Gasteiger partial charge in [-0.3, -0.25) is 4.79 Å². The maximum absolute atomic E-state index is 12.0. The average molecular weight is 271 g/mol. The number of likely N-dealkylation sites (tertiary alicyclic amines) is 1. The molecule has 106 valence electrons. The molecule has 3 rings (SSSR count). The molecular weight excluding hydrogens is 250 g/mol. The van der Waals surface area contributed by atoms with E-state index < -0.39 is 0 Å². The van der Waals surface area contributed by atoms with Crippen molar-refractivity contribution in [2.45, 2.75) is 19.3 Å². The number of hydrogen-bond donors (Lipinski definition) is 2. The Balaban J connectivity index is 1.50. The smallest absolute Gasteiger partial charge is 0.224 e. The van der Waals surface area contributed by atoms with Gasteiger partial charge in [0.15, 0.2) is 0 Å². The SMILES string of the molecule is O=C(Cc1c[nH]c2ccccc12)NCCN1CCCC1. The molecule has 1 amide bonds. The van der Waals surface area contributed by atoms with Gasteiger partial charge in [0.1, 0.15) is 0 Å². The van der Waals surface area contributed by atoms with Gasteiger partial charge in [0.25, 0.3) is 0 Å². The summed E-state index contributed by atoms with van der Waals surface area (Å²) in [6.07, 6.45) is 4.97. The van der Waals surface area contributed by atoms with Crippen molar-refractivity contribution in [1.29, 1.82) is 0 Å². The fourth-order valence-corrected chi connectivity index (χ4v) is 2.87. The van der Waals surface area contributed by atoms with Gasteiger partial charge in [-0.1, -0.05) is 18.2 Å². The maximum atomic E-state index is 12.0. The minimum atomic E-state index is 0.106. The Bertz CT molecular complexity index is 584. The highest BCUT2D eigenvalue weighted by Gasteiger charge is 2.12. The summed E-state index contributed by atoms with van der Waals surface area (Å²) >= 11 is 0. The van der Waals surface area contributed by atoms with Crippen LogP contribution in [-0.2, 0) is 11.2 Å². The quantitative estimate of drug-likeness (QED) is 0.873. The number of aromatic nitrogens is 1. The number of amides is 1. The van der Waals surface area contributed by atoms with Crippen molar-refractivity contribution in [3.8, 4) is 0 Å². The Kier molecular flexibility index (Phi) is 4.02. The lowest BCUT2D eigenvalue weighted by Crippen LogP contribution is -2.34. The number of aromatic amines is 1. The number of rotatable bonds is 5. The number of H-pyrrole nitrogens is 1. The predicted octanol–water partition coefficient (Wildman–Crippen LogP) is 1.92. The molecule has 1 aliphatic rings. The van der Waals surface area contributed by atoms with Crippen LogP contribution in [0.5, 0.6) is 0 Å². The van der Waals surface area contributed by atoms with E-state index >= 15 is 0 Å². The molecule has 0 spiro atoms. The first-order chi connectivity index (χ1) is 9.83. The van der Waals surface area contributed by atoms with Gasteiger partial charge < -0.3 is 15.2 Å². The van der Waals surface area contributed by atoms with Gasteiger partial charge in [0.05, 0.1) is 6.42 Å². The van der Waals surface area contributed by atoms with Crippen molar-refractivity contribution in [2.24, 2.45) is 0 Å². The molecule has 2 aromatic rings. The molecule has 0 bridgehead atoms. The Morgan fingerprint density at radius 3 is 2.90 bits per heavy atom. The van der Waals surface area contributed by atoms with E-state index in [9.17, 15) is 4.79 Å². The Morgan fingerprint density at radius 2 is 2.05 bits per heavy atom. The van der Waals surface area contributed by atoms with Crippen LogP contribution < -0.4 is 5.32 Å². The number of nitrogens with one attached hydrogen (secondary N) is 2. The molecular formula is C16H21N3O. The van der Waals surface area contributed by atoms with Crippen LogP contribution in [0, 0.1) is 0 Å². The largest absolute Gasteiger partial charge is 0.361 e. The van der Waals surface area contributed by atoms with E-state index in [1.165, 1.54) is 25.9 Å². The highest BCUT2D eigenvalue weighted by atomic mass is 16.1. The molecule has 0 radical (unpaired) electrons. The van der Waals surface area contributed by atoms with Crippen molar-refractivity contribution in [3.05, 3.63) is 36.0 Å². The summed E-state index contributed by atoms with van der Waals surface area (Å²) in [6.45, 7) is 4.08. The lowest BCUT2D eigenvalue weighted by molar-refractivity contribution is -0.120. The van der Waals surface area contributed by atoms with Gasteiger partial charge in [-0.25, -0.2) is 0 Å². The molecule has 1 aliphatic heterocycles. The van der Waals surface area contributed by atoms with Gasteiger partial charge in [-0.15, -0.1) is 0 Å². The number of hydrogen-bond acceptors (Lipinski definition) is 2. The lowest BCUT2D eigenvalue weighted by atomic mass is 10.1. The molecule has 0 saturated carbocycles. The monoisotopic (exact) mass is 271 g/mol. The van der Waals surface area contributed by atoms with Gasteiger partial charge in [-0.2, -0.15) is 0 Å². The molecule has 20 heavy (non-hydrogen) atoms. The van der Waals surface area contributed by atoms with Crippen molar-refractivity contribution in [2.75, 3.05) is 26.2 Å². The number of para-hydroxylation sites is 1. The van der Waals surface area contributed by atoms with Crippen LogP contribution in [0.15, 0.2) is 30.5 Å². The summed E-state index contributed by atoms with van der Waals surface area (Å²) in [5, 5.41) is 4.16. The van der Waals surface area contributed by atoms with Crippen molar-refractivity contribution >= 4 is 16.8 Å². The number of carbonyl (C=O) groups excluding carboxylic acids is 1. The Morgan fingerprint density at radius 1 is 1.25 bits per heavy atom. The molecule has 2 heterocycles. The predicted molar refractivity (Wildman–Crippen MR) is 80.7 cm³/mol. The van der Waals surface area contributed by atoms with Gasteiger partial charge in [-0.05, 0) is 37.6 Å². The van der Waals surface area contributed by atoms with Crippen molar-refractivity contribution in [3.63, 3.8) is 0 Å². The van der Waals surface area contributed by atoms with Crippen LogP contribution in [0.2, 0.25) is 0 Å². The third kappa shape index (κ3) is 3.02. The zero-order valence-electron chi connectivity index (χ0n) is 11.7. The van der Waals surface area contributed by atoms with Crippen LogP contribution in [-0.4, -0.2) is 42.0 Å². The molecule has 2 N–H and O–H groups in total. The molecule has 0 aliphatic carbocycles. The first kappa shape index (κ1) is 13.2. The van der Waals surface area contributed by atoms with E-state index in [1.54, 1.807) is 0 Å². The normalized spacial score (nSPS) is 15.8. The molecule has 1 aromatic carbocycles. The number of benzene rings is 1. The third-order valence-electron chi connectivity index (χ3n) is 3.97. The zero-order chi connectivity index (χ0) is 13.8. The Labute approximate surface area is 119 Å². The zero-order valence-corrected chi connectivity index (χ0v) is 11.7. The van der Waals surface area contributed by atoms with Crippen LogP contribution >= 0.6 is 0 Å². The Hall–Kier alpha value is -1.81. The average Bonchev–Trinajstić information content (AvgIpc) is 3.09. The number of carbonyl (C=O) groups is 1. The van der Waals surface area contributed by atoms with E-state index in [2.05, 4.69) is 21.3 Å². The summed E-state index contributed by atoms with van der Waals surface area (Å²) in [6, 6.07) is 8.09. The van der Waals surface area contributed by atoms with Crippen LogP contribution in [0.3, 0.4) is 0 Å². The van der Waals surface area contributed by atoms with Gasteiger partial charge >= 0.3 is 0 Å². The standard InChI is InChI=1S/C16H21N3O/c20-16(17-7-10-19-8-3-4-9-19)11-13-12-18-15-6-2-1-5-14(13)15/h1-2,5-6,12,18H,3-4,7-11H2,(H,17,20). The highest BCUT2D eigenvalue weighted by molar-refractivity contribution is 5.88. The number of nitrogens with zero attached hydrogens (tertiary/aromatic N) is 1. The molecule has 4 heteroatoms.